The Morgan fingerprint density at radius 2 is 1.20 bits per heavy atom. The molecule has 2 heterocycles. The van der Waals surface area contributed by atoms with Gasteiger partial charge in [0, 0.05) is 47.4 Å². The lowest BCUT2D eigenvalue weighted by Crippen LogP contribution is -2.13. The molecule has 0 saturated heterocycles. The van der Waals surface area contributed by atoms with Gasteiger partial charge in [-0.1, -0.05) is 46.4 Å². The number of hydrogen-bond donors (Lipinski definition) is 2. The van der Waals surface area contributed by atoms with Gasteiger partial charge in [0.1, 0.15) is 16.4 Å². The topological polar surface area (TPSA) is 135 Å². The number of sulfonamides is 1. The van der Waals surface area contributed by atoms with Crippen molar-refractivity contribution in [2.45, 2.75) is 4.90 Å². The van der Waals surface area contributed by atoms with Crippen LogP contribution >= 0.6 is 46.4 Å². The Bertz CT molecular complexity index is 1910. The monoisotopic (exact) mass is 708 g/mol. The maximum atomic E-state index is 12.6. The maximum absolute atomic E-state index is 12.6. The maximum Gasteiger partial charge on any atom is 0.263 e. The van der Waals surface area contributed by atoms with E-state index >= 15 is 0 Å². The summed E-state index contributed by atoms with van der Waals surface area (Å²) in [6.07, 6.45) is 6.08. The number of benzene rings is 3. The number of nitrogens with two attached hydrogens (primary N) is 1. The van der Waals surface area contributed by atoms with E-state index in [4.69, 9.17) is 71.1 Å². The number of ether oxygens (including phenoxy) is 4. The second-order valence-electron chi connectivity index (χ2n) is 8.84. The van der Waals surface area contributed by atoms with Crippen LogP contribution < -0.4 is 29.4 Å². The van der Waals surface area contributed by atoms with Gasteiger partial charge in [-0.2, -0.15) is 0 Å². The molecule has 0 radical (unpaired) electrons. The Balaban J connectivity index is 0.000000231. The van der Waals surface area contributed by atoms with Crippen LogP contribution in [0.1, 0.15) is 0 Å². The molecule has 0 aliphatic rings. The fourth-order valence-electron chi connectivity index (χ4n) is 3.64. The highest BCUT2D eigenvalue weighted by Crippen LogP contribution is 2.36. The Kier molecular flexibility index (Phi) is 11.4. The quantitative estimate of drug-likeness (QED) is 0.144. The molecule has 45 heavy (non-hydrogen) atoms. The van der Waals surface area contributed by atoms with Gasteiger partial charge >= 0.3 is 0 Å². The van der Waals surface area contributed by atoms with Crippen molar-refractivity contribution in [3.63, 3.8) is 0 Å². The lowest BCUT2D eigenvalue weighted by atomic mass is 10.3. The van der Waals surface area contributed by atoms with Crippen LogP contribution in [0.4, 0.5) is 11.4 Å². The number of pyridine rings is 2. The average Bonchev–Trinajstić information content (AvgIpc) is 2.99. The zero-order valence-corrected chi connectivity index (χ0v) is 27.3. The van der Waals surface area contributed by atoms with E-state index in [1.807, 2.05) is 0 Å². The van der Waals surface area contributed by atoms with Gasteiger partial charge in [-0.15, -0.1) is 0 Å². The summed E-state index contributed by atoms with van der Waals surface area (Å²) in [5.74, 6) is 2.74. The van der Waals surface area contributed by atoms with E-state index in [1.165, 1.54) is 56.0 Å². The minimum Gasteiger partial charge on any atom is -0.493 e. The molecule has 3 aromatic carbocycles. The summed E-state index contributed by atoms with van der Waals surface area (Å²) in [5.41, 5.74) is 6.52. The van der Waals surface area contributed by atoms with Gasteiger partial charge in [-0.3, -0.25) is 14.7 Å². The molecule has 234 valence electrons. The normalized spacial score (nSPS) is 10.7. The van der Waals surface area contributed by atoms with E-state index in [-0.39, 0.29) is 15.6 Å². The number of nitrogens with one attached hydrogen (secondary N) is 1. The first-order valence-electron chi connectivity index (χ1n) is 12.6. The number of nitrogen functional groups attached to an aromatic ring is 1. The molecule has 5 aromatic rings. The van der Waals surface area contributed by atoms with Crippen LogP contribution in [0.3, 0.4) is 0 Å². The predicted octanol–water partition coefficient (Wildman–Crippen LogP) is 8.76. The van der Waals surface area contributed by atoms with Gasteiger partial charge in [0.05, 0.1) is 47.4 Å². The first-order chi connectivity index (χ1) is 21.5. The molecule has 0 amide bonds. The Hall–Kier alpha value is -4.13. The van der Waals surface area contributed by atoms with Gasteiger partial charge in [0.2, 0.25) is 0 Å². The first-order valence-corrected chi connectivity index (χ1v) is 15.6. The summed E-state index contributed by atoms with van der Waals surface area (Å²) in [4.78, 5) is 7.77. The molecule has 5 rings (SSSR count). The zero-order chi connectivity index (χ0) is 32.6. The second kappa shape index (κ2) is 15.2. The van der Waals surface area contributed by atoms with Crippen molar-refractivity contribution in [2.24, 2.45) is 0 Å². The Morgan fingerprint density at radius 1 is 0.644 bits per heavy atom. The third-order valence-electron chi connectivity index (χ3n) is 5.60. The minimum absolute atomic E-state index is 0.0142. The van der Waals surface area contributed by atoms with Crippen LogP contribution in [0.25, 0.3) is 0 Å². The van der Waals surface area contributed by atoms with Crippen molar-refractivity contribution < 1.29 is 27.4 Å². The molecule has 0 aliphatic heterocycles. The van der Waals surface area contributed by atoms with Crippen molar-refractivity contribution in [1.29, 1.82) is 0 Å². The minimum atomic E-state index is -3.93. The van der Waals surface area contributed by atoms with Crippen molar-refractivity contribution in [3.8, 4) is 34.5 Å². The molecule has 10 nitrogen and oxygen atoms in total. The molecular weight excluding hydrogens is 686 g/mol. The average molecular weight is 710 g/mol. The molecule has 0 spiro atoms. The van der Waals surface area contributed by atoms with Crippen LogP contribution in [-0.2, 0) is 10.0 Å². The molecule has 0 bridgehead atoms. The number of aromatic nitrogens is 2. The number of rotatable bonds is 9. The fraction of sp³-hybridized carbons (Fsp3) is 0.0667. The largest absolute Gasteiger partial charge is 0.493 e. The molecule has 2 aromatic heterocycles. The van der Waals surface area contributed by atoms with Gasteiger partial charge < -0.3 is 24.7 Å². The highest BCUT2D eigenvalue weighted by Gasteiger charge is 2.19. The third kappa shape index (κ3) is 9.43. The van der Waals surface area contributed by atoms with E-state index < -0.39 is 10.0 Å². The van der Waals surface area contributed by atoms with Gasteiger partial charge in [-0.05, 0) is 42.5 Å². The Morgan fingerprint density at radius 3 is 1.73 bits per heavy atom. The van der Waals surface area contributed by atoms with E-state index in [0.29, 0.717) is 55.3 Å². The molecule has 3 N–H and O–H groups in total. The van der Waals surface area contributed by atoms with Gasteiger partial charge in [0.25, 0.3) is 10.0 Å². The summed E-state index contributed by atoms with van der Waals surface area (Å²) in [5, 5.41) is 1.28. The van der Waals surface area contributed by atoms with Crippen LogP contribution in [0, 0.1) is 0 Å². The number of nitrogens with zero attached hydrogens (tertiary/aromatic N) is 2. The number of halogens is 4. The van der Waals surface area contributed by atoms with Crippen molar-refractivity contribution in [3.05, 3.63) is 112 Å². The van der Waals surface area contributed by atoms with E-state index in [9.17, 15) is 8.42 Å². The van der Waals surface area contributed by atoms with Crippen LogP contribution in [-0.4, -0.2) is 32.6 Å². The summed E-state index contributed by atoms with van der Waals surface area (Å²) < 4.78 is 49.4. The second-order valence-corrected chi connectivity index (χ2v) is 12.2. The van der Waals surface area contributed by atoms with Crippen molar-refractivity contribution in [2.75, 3.05) is 24.7 Å². The molecule has 0 atom stereocenters. The lowest BCUT2D eigenvalue weighted by molar-refractivity contribution is 0.378. The summed E-state index contributed by atoms with van der Waals surface area (Å²) in [6.45, 7) is 0. The van der Waals surface area contributed by atoms with Crippen LogP contribution in [0.5, 0.6) is 34.5 Å². The summed E-state index contributed by atoms with van der Waals surface area (Å²) in [7, 11) is -0.937. The summed E-state index contributed by atoms with van der Waals surface area (Å²) >= 11 is 23.5. The Labute approximate surface area is 279 Å². The molecule has 15 heteroatoms. The van der Waals surface area contributed by atoms with Crippen LogP contribution in [0.2, 0.25) is 20.1 Å². The molecule has 0 fully saturated rings. The SMILES string of the molecule is COc1cc(N)ccc1Oc1cncc(Cl)c1.COc1cc(NS(=O)(=O)c2ccc(Cl)cc2Cl)ccc1Oc1cncc(Cl)c1. The van der Waals surface area contributed by atoms with E-state index in [2.05, 4.69) is 14.7 Å². The standard InChI is InChI=1S/C18H13Cl3N2O4S.C12H11ClN2O2/c1-26-17-8-13(3-4-16(17)27-14-6-12(20)9-22-10-14)23-28(24,25)18-5-2-11(19)7-15(18)21;1-16-12-5-9(14)2-3-11(12)17-10-4-8(13)6-15-7-10/h2-10,23H,1H3;2-7H,14H2,1H3. The number of methoxy groups -OCH3 is 2. The molecule has 0 saturated carbocycles. The highest BCUT2D eigenvalue weighted by atomic mass is 35.5. The van der Waals surface area contributed by atoms with Crippen LogP contribution in [0.15, 0.2) is 96.4 Å². The van der Waals surface area contributed by atoms with Crippen molar-refractivity contribution in [1.82, 2.24) is 9.97 Å². The van der Waals surface area contributed by atoms with Gasteiger partial charge in [0.15, 0.2) is 23.0 Å². The highest BCUT2D eigenvalue weighted by molar-refractivity contribution is 7.92. The molecular formula is C30H24Cl4N4O6S. The predicted molar refractivity (Wildman–Crippen MR) is 176 cm³/mol. The smallest absolute Gasteiger partial charge is 0.263 e. The fourth-order valence-corrected chi connectivity index (χ4v) is 5.79. The van der Waals surface area contributed by atoms with Gasteiger partial charge in [-0.25, -0.2) is 8.42 Å². The van der Waals surface area contributed by atoms with E-state index in [1.54, 1.807) is 49.7 Å². The van der Waals surface area contributed by atoms with Crippen molar-refractivity contribution >= 4 is 67.8 Å². The number of hydrogen-bond acceptors (Lipinski definition) is 9. The van der Waals surface area contributed by atoms with E-state index in [0.717, 1.165) is 0 Å². The lowest BCUT2D eigenvalue weighted by Gasteiger charge is -2.14. The summed E-state index contributed by atoms with van der Waals surface area (Å²) in [6, 6.07) is 17.1. The molecule has 0 unspecified atom stereocenters. The first kappa shape index (κ1) is 33.8. The third-order valence-corrected chi connectivity index (χ3v) is 8.11. The zero-order valence-electron chi connectivity index (χ0n) is 23.5. The molecule has 0 aliphatic carbocycles. The number of anilines is 2.